The molecular formula is C29H32N2O. The molecule has 0 fully saturated rings. The second-order valence-corrected chi connectivity index (χ2v) is 8.66. The zero-order chi connectivity index (χ0) is 22.5. The van der Waals surface area contributed by atoms with Crippen molar-refractivity contribution in [1.82, 2.24) is 0 Å². The Bertz CT molecular complexity index is 1100. The molecule has 164 valence electrons. The van der Waals surface area contributed by atoms with Gasteiger partial charge in [-0.3, -0.25) is 4.79 Å². The molecule has 0 radical (unpaired) electrons. The number of Topliss-reactive ketones (excluding diaryl/α,β-unsaturated/α-hetero) is 1. The number of rotatable bonds is 8. The first-order valence-corrected chi connectivity index (χ1v) is 11.6. The molecule has 3 nitrogen and oxygen atoms in total. The molecule has 3 aromatic carbocycles. The maximum atomic E-state index is 13.3. The number of nitrogens with zero attached hydrogens (tertiary/aromatic N) is 1. The number of aryl methyl sites for hydroxylation is 1. The van der Waals surface area contributed by atoms with Crippen LogP contribution in [0.25, 0.3) is 6.08 Å². The Labute approximate surface area is 191 Å². The highest BCUT2D eigenvalue weighted by molar-refractivity contribution is 6.05. The van der Waals surface area contributed by atoms with Crippen LogP contribution in [0, 0.1) is 6.92 Å². The van der Waals surface area contributed by atoms with Gasteiger partial charge in [0.1, 0.15) is 0 Å². The number of fused-ring (bicyclic) bond motifs is 1. The van der Waals surface area contributed by atoms with Gasteiger partial charge in [-0.2, -0.15) is 0 Å². The first kappa shape index (κ1) is 21.9. The fourth-order valence-corrected chi connectivity index (χ4v) is 4.18. The number of anilines is 2. The van der Waals surface area contributed by atoms with Gasteiger partial charge in [-0.05, 0) is 48.9 Å². The van der Waals surface area contributed by atoms with E-state index >= 15 is 0 Å². The van der Waals surface area contributed by atoms with E-state index in [4.69, 9.17) is 0 Å². The van der Waals surface area contributed by atoms with Gasteiger partial charge in [-0.1, -0.05) is 92.2 Å². The van der Waals surface area contributed by atoms with Gasteiger partial charge in [0.05, 0.1) is 11.4 Å². The van der Waals surface area contributed by atoms with Crippen molar-refractivity contribution < 1.29 is 4.79 Å². The van der Waals surface area contributed by atoms with Crippen LogP contribution < -0.4 is 10.2 Å². The Morgan fingerprint density at radius 2 is 1.84 bits per heavy atom. The summed E-state index contributed by atoms with van der Waals surface area (Å²) in [4.78, 5) is 15.5. The van der Waals surface area contributed by atoms with Crippen molar-refractivity contribution in [2.45, 2.75) is 45.7 Å². The molecule has 3 heteroatoms. The minimum Gasteiger partial charge on any atom is -0.357 e. The fourth-order valence-electron chi connectivity index (χ4n) is 4.18. The average molecular weight is 425 g/mol. The van der Waals surface area contributed by atoms with E-state index in [-0.39, 0.29) is 11.9 Å². The molecule has 0 aromatic heterocycles. The maximum Gasteiger partial charge on any atom is 0.205 e. The smallest absolute Gasteiger partial charge is 0.205 e. The zero-order valence-electron chi connectivity index (χ0n) is 19.2. The van der Waals surface area contributed by atoms with Gasteiger partial charge in [0.25, 0.3) is 0 Å². The molecule has 1 aliphatic rings. The number of hydrogen-bond acceptors (Lipinski definition) is 3. The lowest BCUT2D eigenvalue weighted by Crippen LogP contribution is -2.42. The molecule has 0 saturated heterocycles. The summed E-state index contributed by atoms with van der Waals surface area (Å²) < 4.78 is 0. The Hall–Kier alpha value is -3.33. The number of benzene rings is 3. The van der Waals surface area contributed by atoms with Crippen LogP contribution in [-0.2, 0) is 0 Å². The molecule has 0 saturated carbocycles. The molecule has 3 aromatic rings. The minimum atomic E-state index is -0.378. The predicted octanol–water partition coefficient (Wildman–Crippen LogP) is 7.05. The van der Waals surface area contributed by atoms with Gasteiger partial charge in [-0.25, -0.2) is 0 Å². The molecular weight excluding hydrogens is 392 g/mol. The number of ketones is 1. The average Bonchev–Trinajstić information content (AvgIpc) is 3.20. The maximum absolute atomic E-state index is 13.3. The molecule has 0 bridgehead atoms. The predicted molar refractivity (Wildman–Crippen MR) is 136 cm³/mol. The first-order chi connectivity index (χ1) is 15.6. The van der Waals surface area contributed by atoms with E-state index in [0.717, 1.165) is 41.9 Å². The highest BCUT2D eigenvalue weighted by Gasteiger charge is 2.33. The van der Waals surface area contributed by atoms with Crippen LogP contribution in [0.5, 0.6) is 0 Å². The van der Waals surface area contributed by atoms with E-state index in [0.29, 0.717) is 5.92 Å². The molecule has 32 heavy (non-hydrogen) atoms. The highest BCUT2D eigenvalue weighted by atomic mass is 16.1. The topological polar surface area (TPSA) is 32.3 Å². The van der Waals surface area contributed by atoms with E-state index in [9.17, 15) is 4.79 Å². The molecule has 1 aliphatic heterocycles. The van der Waals surface area contributed by atoms with Crippen LogP contribution in [-0.4, -0.2) is 18.5 Å². The standard InChI is InChI=1S/C29H32N2O/c1-4-22(3)25-12-9-11-23(20-25)10-7-8-19-31-27-14-6-5-13-26(27)30-29(31)28(32)24-17-15-21(2)16-18-24/h5-7,9-18,20,22,29-30H,4,8,19H2,1-3H3/b10-7+. The van der Waals surface area contributed by atoms with Gasteiger partial charge in [0, 0.05) is 12.1 Å². The summed E-state index contributed by atoms with van der Waals surface area (Å²) in [5, 5.41) is 3.43. The lowest BCUT2D eigenvalue weighted by atomic mass is 9.97. The van der Waals surface area contributed by atoms with E-state index in [1.807, 2.05) is 49.4 Å². The molecule has 0 spiro atoms. The van der Waals surface area contributed by atoms with Gasteiger partial charge >= 0.3 is 0 Å². The second-order valence-electron chi connectivity index (χ2n) is 8.66. The van der Waals surface area contributed by atoms with Crippen molar-refractivity contribution in [3.63, 3.8) is 0 Å². The van der Waals surface area contributed by atoms with Crippen LogP contribution in [0.4, 0.5) is 11.4 Å². The number of para-hydroxylation sites is 2. The molecule has 2 unspecified atom stereocenters. The fraction of sp³-hybridized carbons (Fsp3) is 0.276. The van der Waals surface area contributed by atoms with Crippen molar-refractivity contribution in [3.05, 3.63) is 101 Å². The summed E-state index contributed by atoms with van der Waals surface area (Å²) >= 11 is 0. The SMILES string of the molecule is CCC(C)c1cccc(/C=C/CCN2c3ccccc3NC2C(=O)c2ccc(C)cc2)c1. The summed E-state index contributed by atoms with van der Waals surface area (Å²) in [6, 6.07) is 24.8. The molecule has 0 aliphatic carbocycles. The van der Waals surface area contributed by atoms with Crippen LogP contribution >= 0.6 is 0 Å². The molecule has 2 atom stereocenters. The quantitative estimate of drug-likeness (QED) is 0.393. The summed E-state index contributed by atoms with van der Waals surface area (Å²) in [6.07, 6.45) is 6.03. The molecule has 0 amide bonds. The second kappa shape index (κ2) is 9.86. The largest absolute Gasteiger partial charge is 0.357 e. The van der Waals surface area contributed by atoms with E-state index in [2.05, 4.69) is 66.5 Å². The first-order valence-electron chi connectivity index (χ1n) is 11.6. The minimum absolute atomic E-state index is 0.103. The van der Waals surface area contributed by atoms with Crippen LogP contribution in [0.15, 0.2) is 78.9 Å². The van der Waals surface area contributed by atoms with Crippen molar-refractivity contribution in [2.75, 3.05) is 16.8 Å². The lowest BCUT2D eigenvalue weighted by molar-refractivity contribution is 0.0970. The number of carbonyl (C=O) groups is 1. The van der Waals surface area contributed by atoms with Crippen molar-refractivity contribution in [2.24, 2.45) is 0 Å². The Kier molecular flexibility index (Phi) is 6.75. The van der Waals surface area contributed by atoms with E-state index in [1.165, 1.54) is 11.1 Å². The monoisotopic (exact) mass is 424 g/mol. The van der Waals surface area contributed by atoms with Crippen molar-refractivity contribution in [1.29, 1.82) is 0 Å². The third-order valence-electron chi connectivity index (χ3n) is 6.34. The van der Waals surface area contributed by atoms with Crippen molar-refractivity contribution >= 4 is 23.2 Å². The Balaban J connectivity index is 1.48. The summed E-state index contributed by atoms with van der Waals surface area (Å²) in [5.41, 5.74) is 6.62. The Morgan fingerprint density at radius 1 is 1.06 bits per heavy atom. The summed E-state index contributed by atoms with van der Waals surface area (Å²) in [5.74, 6) is 0.676. The van der Waals surface area contributed by atoms with Crippen LogP contribution in [0.2, 0.25) is 0 Å². The number of nitrogens with one attached hydrogen (secondary N) is 1. The summed E-state index contributed by atoms with van der Waals surface area (Å²) in [6.45, 7) is 7.30. The van der Waals surface area contributed by atoms with Crippen LogP contribution in [0.1, 0.15) is 59.7 Å². The van der Waals surface area contributed by atoms with Gasteiger partial charge in [-0.15, -0.1) is 0 Å². The molecule has 4 rings (SSSR count). The third-order valence-corrected chi connectivity index (χ3v) is 6.34. The zero-order valence-corrected chi connectivity index (χ0v) is 19.2. The number of carbonyl (C=O) groups excluding carboxylic acids is 1. The van der Waals surface area contributed by atoms with E-state index < -0.39 is 0 Å². The normalized spacial score (nSPS) is 16.1. The summed E-state index contributed by atoms with van der Waals surface area (Å²) in [7, 11) is 0. The number of hydrogen-bond donors (Lipinski definition) is 1. The van der Waals surface area contributed by atoms with Crippen LogP contribution in [0.3, 0.4) is 0 Å². The van der Waals surface area contributed by atoms with E-state index in [1.54, 1.807) is 0 Å². The highest BCUT2D eigenvalue weighted by Crippen LogP contribution is 2.35. The molecule has 1 heterocycles. The lowest BCUT2D eigenvalue weighted by Gasteiger charge is -2.25. The van der Waals surface area contributed by atoms with Gasteiger partial charge < -0.3 is 10.2 Å². The third kappa shape index (κ3) is 4.77. The molecule has 1 N–H and O–H groups in total. The Morgan fingerprint density at radius 3 is 2.62 bits per heavy atom. The van der Waals surface area contributed by atoms with Gasteiger partial charge in [0.2, 0.25) is 5.78 Å². The van der Waals surface area contributed by atoms with Gasteiger partial charge in [0.15, 0.2) is 6.17 Å². The van der Waals surface area contributed by atoms with Crippen molar-refractivity contribution in [3.8, 4) is 0 Å².